The molecule has 20 heavy (non-hydrogen) atoms. The summed E-state index contributed by atoms with van der Waals surface area (Å²) in [4.78, 5) is 0.118. The second kappa shape index (κ2) is 6.15. The highest BCUT2D eigenvalue weighted by molar-refractivity contribution is 7.89. The molecule has 0 spiro atoms. The van der Waals surface area contributed by atoms with Crippen molar-refractivity contribution in [2.45, 2.75) is 18.2 Å². The van der Waals surface area contributed by atoms with Gasteiger partial charge >= 0.3 is 0 Å². The molecule has 3 nitrogen and oxygen atoms in total. The standard InChI is InChI=1S/C15H16FNO2S/c1-12-11-14(16)7-8-15(12)20(18,19)17-10-9-13-5-3-2-4-6-13/h2-8,11,17H,9-10H2,1H3. The highest BCUT2D eigenvalue weighted by Gasteiger charge is 2.16. The van der Waals surface area contributed by atoms with Crippen molar-refractivity contribution in [3.63, 3.8) is 0 Å². The second-order valence-electron chi connectivity index (χ2n) is 4.54. The molecule has 0 fully saturated rings. The lowest BCUT2D eigenvalue weighted by Crippen LogP contribution is -2.26. The van der Waals surface area contributed by atoms with Crippen molar-refractivity contribution >= 4 is 10.0 Å². The van der Waals surface area contributed by atoms with Crippen LogP contribution in [0.15, 0.2) is 53.4 Å². The van der Waals surface area contributed by atoms with Crippen LogP contribution < -0.4 is 4.72 Å². The number of sulfonamides is 1. The van der Waals surface area contributed by atoms with E-state index < -0.39 is 15.8 Å². The van der Waals surface area contributed by atoms with E-state index in [1.807, 2.05) is 30.3 Å². The van der Waals surface area contributed by atoms with E-state index in [9.17, 15) is 12.8 Å². The summed E-state index contributed by atoms with van der Waals surface area (Å²) in [6.07, 6.45) is 0.611. The van der Waals surface area contributed by atoms with Gasteiger partial charge in [-0.2, -0.15) is 0 Å². The molecule has 0 saturated carbocycles. The van der Waals surface area contributed by atoms with Gasteiger partial charge in [0.05, 0.1) is 4.90 Å². The van der Waals surface area contributed by atoms with E-state index in [1.165, 1.54) is 12.1 Å². The fraction of sp³-hybridized carbons (Fsp3) is 0.200. The minimum Gasteiger partial charge on any atom is -0.211 e. The first-order chi connectivity index (χ1) is 9.49. The molecule has 1 N–H and O–H groups in total. The normalized spacial score (nSPS) is 11.5. The summed E-state index contributed by atoms with van der Waals surface area (Å²) in [5.41, 5.74) is 1.46. The van der Waals surface area contributed by atoms with Crippen molar-refractivity contribution < 1.29 is 12.8 Å². The van der Waals surface area contributed by atoms with Crippen molar-refractivity contribution in [2.75, 3.05) is 6.54 Å². The summed E-state index contributed by atoms with van der Waals surface area (Å²) in [6, 6.07) is 13.3. The average Bonchev–Trinajstić information content (AvgIpc) is 2.39. The number of rotatable bonds is 5. The molecule has 0 aromatic heterocycles. The van der Waals surface area contributed by atoms with Gasteiger partial charge in [0.25, 0.3) is 0 Å². The molecule has 0 radical (unpaired) electrons. The van der Waals surface area contributed by atoms with Gasteiger partial charge in [0.15, 0.2) is 0 Å². The van der Waals surface area contributed by atoms with Crippen molar-refractivity contribution in [3.8, 4) is 0 Å². The lowest BCUT2D eigenvalue weighted by Gasteiger charge is -2.09. The molecule has 0 unspecified atom stereocenters. The Morgan fingerprint density at radius 1 is 1.10 bits per heavy atom. The maximum absolute atomic E-state index is 13.0. The molecule has 0 aliphatic carbocycles. The van der Waals surface area contributed by atoms with E-state index >= 15 is 0 Å². The SMILES string of the molecule is Cc1cc(F)ccc1S(=O)(=O)NCCc1ccccc1. The Kier molecular flexibility index (Phi) is 4.52. The van der Waals surface area contributed by atoms with Gasteiger partial charge in [0, 0.05) is 6.54 Å². The van der Waals surface area contributed by atoms with Crippen LogP contribution >= 0.6 is 0 Å². The zero-order valence-corrected chi connectivity index (χ0v) is 12.0. The molecule has 0 bridgehead atoms. The third kappa shape index (κ3) is 3.65. The van der Waals surface area contributed by atoms with Gasteiger partial charge < -0.3 is 0 Å². The van der Waals surface area contributed by atoms with Crippen molar-refractivity contribution in [1.29, 1.82) is 0 Å². The Morgan fingerprint density at radius 3 is 2.45 bits per heavy atom. The first-order valence-electron chi connectivity index (χ1n) is 6.29. The Morgan fingerprint density at radius 2 is 1.80 bits per heavy atom. The fourth-order valence-electron chi connectivity index (χ4n) is 1.97. The first kappa shape index (κ1) is 14.7. The summed E-state index contributed by atoms with van der Waals surface area (Å²) in [5, 5.41) is 0. The summed E-state index contributed by atoms with van der Waals surface area (Å²) in [6.45, 7) is 1.89. The molecule has 106 valence electrons. The lowest BCUT2D eigenvalue weighted by atomic mass is 10.2. The van der Waals surface area contributed by atoms with Crippen molar-refractivity contribution in [2.24, 2.45) is 0 Å². The quantitative estimate of drug-likeness (QED) is 0.921. The van der Waals surface area contributed by atoms with Gasteiger partial charge in [-0.05, 0) is 42.7 Å². The van der Waals surface area contributed by atoms with E-state index in [1.54, 1.807) is 6.92 Å². The minimum absolute atomic E-state index is 0.118. The zero-order chi connectivity index (χ0) is 14.6. The summed E-state index contributed by atoms with van der Waals surface area (Å²) in [5.74, 6) is -0.439. The zero-order valence-electron chi connectivity index (χ0n) is 11.1. The molecule has 0 saturated heterocycles. The van der Waals surface area contributed by atoms with E-state index in [0.29, 0.717) is 18.5 Å². The maximum atomic E-state index is 13.0. The van der Waals surface area contributed by atoms with Crippen molar-refractivity contribution in [1.82, 2.24) is 4.72 Å². The third-order valence-electron chi connectivity index (χ3n) is 2.98. The van der Waals surface area contributed by atoms with Crippen molar-refractivity contribution in [3.05, 3.63) is 65.5 Å². The lowest BCUT2D eigenvalue weighted by molar-refractivity contribution is 0.580. The highest BCUT2D eigenvalue weighted by atomic mass is 32.2. The van der Waals surface area contributed by atoms with Crippen LogP contribution in [0, 0.1) is 12.7 Å². The average molecular weight is 293 g/mol. The van der Waals surface area contributed by atoms with Crippen LogP contribution in [0.5, 0.6) is 0 Å². The molecule has 0 amide bonds. The molecule has 0 aliphatic heterocycles. The number of hydrogen-bond acceptors (Lipinski definition) is 2. The number of hydrogen-bond donors (Lipinski definition) is 1. The van der Waals surface area contributed by atoms with E-state index in [4.69, 9.17) is 0 Å². The number of halogens is 1. The van der Waals surface area contributed by atoms with Crippen LogP contribution in [-0.2, 0) is 16.4 Å². The number of aryl methyl sites for hydroxylation is 1. The molecule has 0 heterocycles. The van der Waals surface area contributed by atoms with Gasteiger partial charge in [-0.25, -0.2) is 17.5 Å². The number of benzene rings is 2. The first-order valence-corrected chi connectivity index (χ1v) is 7.77. The Labute approximate surface area is 118 Å². The van der Waals surface area contributed by atoms with Crippen LogP contribution in [0.2, 0.25) is 0 Å². The van der Waals surface area contributed by atoms with Crippen LogP contribution in [0.25, 0.3) is 0 Å². The van der Waals surface area contributed by atoms with Gasteiger partial charge in [-0.3, -0.25) is 0 Å². The van der Waals surface area contributed by atoms with E-state index in [0.717, 1.165) is 11.6 Å². The van der Waals surface area contributed by atoms with E-state index in [2.05, 4.69) is 4.72 Å². The monoisotopic (exact) mass is 293 g/mol. The van der Waals surface area contributed by atoms with E-state index in [-0.39, 0.29) is 4.90 Å². The predicted octanol–water partition coefficient (Wildman–Crippen LogP) is 2.66. The predicted molar refractivity (Wildman–Crippen MR) is 76.5 cm³/mol. The topological polar surface area (TPSA) is 46.2 Å². The van der Waals surface area contributed by atoms with Crippen LogP contribution in [-0.4, -0.2) is 15.0 Å². The van der Waals surface area contributed by atoms with Gasteiger partial charge in [0.1, 0.15) is 5.82 Å². The fourth-order valence-corrected chi connectivity index (χ4v) is 3.22. The molecule has 2 rings (SSSR count). The highest BCUT2D eigenvalue weighted by Crippen LogP contribution is 2.15. The van der Waals surface area contributed by atoms with Gasteiger partial charge in [-0.15, -0.1) is 0 Å². The molecule has 2 aromatic rings. The largest absolute Gasteiger partial charge is 0.240 e. The summed E-state index contributed by atoms with van der Waals surface area (Å²) < 4.78 is 39.8. The summed E-state index contributed by atoms with van der Waals surface area (Å²) in [7, 11) is -3.59. The van der Waals surface area contributed by atoms with Crippen LogP contribution in [0.1, 0.15) is 11.1 Å². The summed E-state index contributed by atoms with van der Waals surface area (Å²) >= 11 is 0. The smallest absolute Gasteiger partial charge is 0.211 e. The minimum atomic E-state index is -3.59. The molecular formula is C15H16FNO2S. The maximum Gasteiger partial charge on any atom is 0.240 e. The Hall–Kier alpha value is -1.72. The van der Waals surface area contributed by atoms with Crippen LogP contribution in [0.3, 0.4) is 0 Å². The van der Waals surface area contributed by atoms with Gasteiger partial charge in [-0.1, -0.05) is 30.3 Å². The Balaban J connectivity index is 2.04. The molecule has 2 aromatic carbocycles. The molecule has 0 aliphatic rings. The van der Waals surface area contributed by atoms with Gasteiger partial charge in [0.2, 0.25) is 10.0 Å². The van der Waals surface area contributed by atoms with Crippen LogP contribution in [0.4, 0.5) is 4.39 Å². The third-order valence-corrected chi connectivity index (χ3v) is 4.60. The second-order valence-corrected chi connectivity index (χ2v) is 6.28. The molecule has 5 heteroatoms. The molecule has 0 atom stereocenters. The number of nitrogens with one attached hydrogen (secondary N) is 1. The Bertz CT molecular complexity index is 684. The molecular weight excluding hydrogens is 277 g/mol.